The molecule has 2 rings (SSSR count). The molecule has 5 nitrogen and oxygen atoms in total. The monoisotopic (exact) mass is 287 g/mol. The molecule has 2 N–H and O–H groups in total. The number of carbonyl (C=O) groups is 1. The van der Waals surface area contributed by atoms with Crippen LogP contribution in [0.4, 0.5) is 16.2 Å². The lowest BCUT2D eigenvalue weighted by molar-refractivity contribution is 0.187. The van der Waals surface area contributed by atoms with Gasteiger partial charge >= 0.3 is 6.09 Å². The van der Waals surface area contributed by atoms with Crippen molar-refractivity contribution in [2.24, 2.45) is 0 Å². The second-order valence-electron chi connectivity index (χ2n) is 5.09. The first-order valence-corrected chi connectivity index (χ1v) is 7.08. The van der Waals surface area contributed by atoms with Crippen molar-refractivity contribution >= 4 is 17.5 Å². The van der Waals surface area contributed by atoms with Crippen LogP contribution in [0, 0.1) is 12.3 Å². The normalized spacial score (nSPS) is 16.0. The number of nitrogens with zero attached hydrogens (tertiary/aromatic N) is 1. The van der Waals surface area contributed by atoms with E-state index in [2.05, 4.69) is 26.2 Å². The molecule has 1 aromatic carbocycles. The van der Waals surface area contributed by atoms with Crippen LogP contribution in [0.3, 0.4) is 0 Å². The van der Waals surface area contributed by atoms with Crippen molar-refractivity contribution in [1.82, 2.24) is 4.90 Å². The molecule has 0 atom stereocenters. The van der Waals surface area contributed by atoms with Crippen molar-refractivity contribution in [2.45, 2.75) is 18.9 Å². The Morgan fingerprint density at radius 3 is 2.52 bits per heavy atom. The van der Waals surface area contributed by atoms with Gasteiger partial charge in [-0.15, -0.1) is 6.42 Å². The Morgan fingerprint density at radius 2 is 1.95 bits per heavy atom. The molecule has 0 aliphatic carbocycles. The molecule has 0 spiro atoms. The minimum absolute atomic E-state index is 0.461. The number of methoxy groups -OCH3 is 1. The standard InChI is InChI=1S/C16H21N3O2/c1-3-10-19-11-8-15(9-12-19)17-13-4-6-14(7-5-13)18-16(20)21-2/h1,4-7,15,17H,8-12H2,2H3,(H,18,20). The van der Waals surface area contributed by atoms with Gasteiger partial charge in [0.05, 0.1) is 13.7 Å². The van der Waals surface area contributed by atoms with Crippen LogP contribution < -0.4 is 10.6 Å². The zero-order valence-corrected chi connectivity index (χ0v) is 12.3. The average molecular weight is 287 g/mol. The average Bonchev–Trinajstić information content (AvgIpc) is 2.51. The Balaban J connectivity index is 1.81. The van der Waals surface area contributed by atoms with E-state index in [0.29, 0.717) is 6.04 Å². The van der Waals surface area contributed by atoms with Crippen molar-refractivity contribution in [3.63, 3.8) is 0 Å². The number of likely N-dealkylation sites (tertiary alicyclic amines) is 1. The molecule has 1 heterocycles. The molecule has 112 valence electrons. The predicted molar refractivity (Wildman–Crippen MR) is 84.4 cm³/mol. The summed E-state index contributed by atoms with van der Waals surface area (Å²) in [4.78, 5) is 13.4. The number of piperidine rings is 1. The fraction of sp³-hybridized carbons (Fsp3) is 0.438. The molecular weight excluding hydrogens is 266 g/mol. The molecule has 1 aliphatic rings. The maximum Gasteiger partial charge on any atom is 0.411 e. The molecule has 0 saturated carbocycles. The van der Waals surface area contributed by atoms with Gasteiger partial charge in [0, 0.05) is 30.5 Å². The van der Waals surface area contributed by atoms with Gasteiger partial charge in [-0.05, 0) is 37.1 Å². The van der Waals surface area contributed by atoms with Crippen molar-refractivity contribution in [3.05, 3.63) is 24.3 Å². The van der Waals surface area contributed by atoms with Crippen LogP contribution in [-0.2, 0) is 4.74 Å². The number of anilines is 2. The first kappa shape index (κ1) is 15.2. The van der Waals surface area contributed by atoms with E-state index in [1.165, 1.54) is 7.11 Å². The Bertz CT molecular complexity index is 499. The van der Waals surface area contributed by atoms with Crippen LogP contribution >= 0.6 is 0 Å². The highest BCUT2D eigenvalue weighted by molar-refractivity contribution is 5.84. The summed E-state index contributed by atoms with van der Waals surface area (Å²) in [6.07, 6.45) is 7.04. The molecular formula is C16H21N3O2. The SMILES string of the molecule is C#CCN1CCC(Nc2ccc(NC(=O)OC)cc2)CC1. The topological polar surface area (TPSA) is 53.6 Å². The third-order valence-corrected chi connectivity index (χ3v) is 3.59. The van der Waals surface area contributed by atoms with E-state index in [1.54, 1.807) is 0 Å². The summed E-state index contributed by atoms with van der Waals surface area (Å²) in [7, 11) is 1.35. The summed E-state index contributed by atoms with van der Waals surface area (Å²) >= 11 is 0. The highest BCUT2D eigenvalue weighted by Crippen LogP contribution is 2.18. The van der Waals surface area contributed by atoms with Gasteiger partial charge in [-0.3, -0.25) is 10.2 Å². The third kappa shape index (κ3) is 4.69. The molecule has 1 fully saturated rings. The number of hydrogen-bond donors (Lipinski definition) is 2. The maximum absolute atomic E-state index is 11.1. The van der Waals surface area contributed by atoms with Gasteiger partial charge in [0.2, 0.25) is 0 Å². The summed E-state index contributed by atoms with van der Waals surface area (Å²) in [6, 6.07) is 8.09. The van der Waals surface area contributed by atoms with Gasteiger partial charge in [-0.1, -0.05) is 5.92 Å². The van der Waals surface area contributed by atoms with Gasteiger partial charge in [0.1, 0.15) is 0 Å². The summed E-state index contributed by atoms with van der Waals surface area (Å²) < 4.78 is 4.55. The van der Waals surface area contributed by atoms with E-state index in [4.69, 9.17) is 6.42 Å². The highest BCUT2D eigenvalue weighted by Gasteiger charge is 2.18. The largest absolute Gasteiger partial charge is 0.453 e. The van der Waals surface area contributed by atoms with E-state index >= 15 is 0 Å². The van der Waals surface area contributed by atoms with Crippen LogP contribution in [0.25, 0.3) is 0 Å². The Morgan fingerprint density at radius 1 is 1.33 bits per heavy atom. The summed E-state index contributed by atoms with van der Waals surface area (Å²) in [5.41, 5.74) is 1.78. The van der Waals surface area contributed by atoms with Crippen molar-refractivity contribution in [3.8, 4) is 12.3 Å². The Hall–Kier alpha value is -2.19. The number of rotatable bonds is 4. The molecule has 1 aliphatic heterocycles. The highest BCUT2D eigenvalue weighted by atomic mass is 16.5. The van der Waals surface area contributed by atoms with Gasteiger partial charge in [0.15, 0.2) is 0 Å². The molecule has 0 aromatic heterocycles. The van der Waals surface area contributed by atoms with Crippen LogP contribution in [0.2, 0.25) is 0 Å². The summed E-state index contributed by atoms with van der Waals surface area (Å²) in [6.45, 7) is 2.80. The number of benzene rings is 1. The lowest BCUT2D eigenvalue weighted by Gasteiger charge is -2.31. The lowest BCUT2D eigenvalue weighted by atomic mass is 10.0. The molecule has 0 bridgehead atoms. The van der Waals surface area contributed by atoms with Crippen LogP contribution in [-0.4, -0.2) is 43.8 Å². The zero-order chi connectivity index (χ0) is 15.1. The maximum atomic E-state index is 11.1. The number of ether oxygens (including phenoxy) is 1. The number of carbonyl (C=O) groups excluding carboxylic acids is 1. The molecule has 1 amide bonds. The minimum Gasteiger partial charge on any atom is -0.453 e. The molecule has 21 heavy (non-hydrogen) atoms. The van der Waals surface area contributed by atoms with Gasteiger partial charge in [0.25, 0.3) is 0 Å². The zero-order valence-electron chi connectivity index (χ0n) is 12.3. The number of hydrogen-bond acceptors (Lipinski definition) is 4. The van der Waals surface area contributed by atoms with Gasteiger partial charge in [-0.25, -0.2) is 4.79 Å². The fourth-order valence-corrected chi connectivity index (χ4v) is 2.42. The molecule has 1 saturated heterocycles. The van der Waals surface area contributed by atoms with Gasteiger partial charge in [-0.2, -0.15) is 0 Å². The second kappa shape index (κ2) is 7.55. The fourth-order valence-electron chi connectivity index (χ4n) is 2.42. The van der Waals surface area contributed by atoms with E-state index < -0.39 is 6.09 Å². The van der Waals surface area contributed by atoms with Crippen molar-refractivity contribution < 1.29 is 9.53 Å². The summed E-state index contributed by atoms with van der Waals surface area (Å²) in [5, 5.41) is 6.14. The van der Waals surface area contributed by atoms with E-state index in [0.717, 1.165) is 43.9 Å². The van der Waals surface area contributed by atoms with Crippen molar-refractivity contribution in [1.29, 1.82) is 0 Å². The van der Waals surface area contributed by atoms with Crippen LogP contribution in [0.1, 0.15) is 12.8 Å². The summed E-state index contributed by atoms with van der Waals surface area (Å²) in [5.74, 6) is 2.69. The quantitative estimate of drug-likeness (QED) is 0.835. The third-order valence-electron chi connectivity index (χ3n) is 3.59. The minimum atomic E-state index is -0.461. The number of terminal acetylenes is 1. The number of amides is 1. The number of nitrogens with one attached hydrogen (secondary N) is 2. The first-order valence-electron chi connectivity index (χ1n) is 7.08. The second-order valence-corrected chi connectivity index (χ2v) is 5.09. The molecule has 5 heteroatoms. The lowest BCUT2D eigenvalue weighted by Crippen LogP contribution is -2.39. The van der Waals surface area contributed by atoms with Crippen LogP contribution in [0.5, 0.6) is 0 Å². The first-order chi connectivity index (χ1) is 10.2. The van der Waals surface area contributed by atoms with Crippen LogP contribution in [0.15, 0.2) is 24.3 Å². The van der Waals surface area contributed by atoms with E-state index in [1.807, 2.05) is 24.3 Å². The van der Waals surface area contributed by atoms with E-state index in [9.17, 15) is 4.79 Å². The predicted octanol–water partition coefficient (Wildman–Crippen LogP) is 2.37. The molecule has 0 unspecified atom stereocenters. The van der Waals surface area contributed by atoms with Gasteiger partial charge < -0.3 is 10.1 Å². The smallest absolute Gasteiger partial charge is 0.411 e. The van der Waals surface area contributed by atoms with Crippen molar-refractivity contribution in [2.75, 3.05) is 37.4 Å². The Labute approximate surface area is 125 Å². The molecule has 0 radical (unpaired) electrons. The Kier molecular flexibility index (Phi) is 5.47. The van der Waals surface area contributed by atoms with E-state index in [-0.39, 0.29) is 0 Å². The molecule has 1 aromatic rings.